The Bertz CT molecular complexity index is 367. The zero-order valence-electron chi connectivity index (χ0n) is 7.90. The predicted molar refractivity (Wildman–Crippen MR) is 51.8 cm³/mol. The lowest BCUT2D eigenvalue weighted by Crippen LogP contribution is -2.29. The molecule has 74 valence electrons. The summed E-state index contributed by atoms with van der Waals surface area (Å²) in [5.41, 5.74) is 0.363. The Labute approximate surface area is 81.7 Å². The van der Waals surface area contributed by atoms with Crippen molar-refractivity contribution in [2.75, 3.05) is 25.0 Å². The van der Waals surface area contributed by atoms with E-state index in [0.717, 1.165) is 0 Å². The molecule has 1 saturated heterocycles. The Morgan fingerprint density at radius 1 is 1.29 bits per heavy atom. The standard InChI is InChI=1S/C10H11FN2O/c1-12-6-7-13(10(12)14)9-5-3-2-4-8(9)11/h2-5H,6-7H2,1H3. The van der Waals surface area contributed by atoms with Crippen LogP contribution in [0.2, 0.25) is 0 Å². The van der Waals surface area contributed by atoms with Crippen molar-refractivity contribution in [1.29, 1.82) is 0 Å². The van der Waals surface area contributed by atoms with Crippen LogP contribution >= 0.6 is 0 Å². The van der Waals surface area contributed by atoms with Crippen molar-refractivity contribution in [3.63, 3.8) is 0 Å². The van der Waals surface area contributed by atoms with Crippen LogP contribution < -0.4 is 4.90 Å². The first-order chi connectivity index (χ1) is 6.70. The van der Waals surface area contributed by atoms with Gasteiger partial charge in [-0.1, -0.05) is 12.1 Å². The number of urea groups is 1. The van der Waals surface area contributed by atoms with Gasteiger partial charge in [-0.3, -0.25) is 4.90 Å². The summed E-state index contributed by atoms with van der Waals surface area (Å²) in [4.78, 5) is 14.6. The third kappa shape index (κ3) is 1.32. The number of amides is 2. The minimum atomic E-state index is -0.351. The highest BCUT2D eigenvalue weighted by Gasteiger charge is 2.27. The second-order valence-corrected chi connectivity index (χ2v) is 3.31. The van der Waals surface area contributed by atoms with E-state index in [1.54, 1.807) is 30.1 Å². The molecule has 0 bridgehead atoms. The van der Waals surface area contributed by atoms with Gasteiger partial charge < -0.3 is 4.90 Å². The molecular formula is C10H11FN2O. The number of rotatable bonds is 1. The lowest BCUT2D eigenvalue weighted by Gasteiger charge is -2.16. The molecule has 0 spiro atoms. The number of likely N-dealkylation sites (N-methyl/N-ethyl adjacent to an activating group) is 1. The Kier molecular flexibility index (Phi) is 2.11. The first kappa shape index (κ1) is 8.99. The average molecular weight is 194 g/mol. The number of anilines is 1. The van der Waals surface area contributed by atoms with Gasteiger partial charge in [0.05, 0.1) is 5.69 Å². The van der Waals surface area contributed by atoms with Gasteiger partial charge >= 0.3 is 6.03 Å². The van der Waals surface area contributed by atoms with Crippen molar-refractivity contribution in [1.82, 2.24) is 4.90 Å². The van der Waals surface area contributed by atoms with Crippen LogP contribution in [0.5, 0.6) is 0 Å². The molecule has 0 saturated carbocycles. The molecule has 1 fully saturated rings. The first-order valence-electron chi connectivity index (χ1n) is 4.47. The number of para-hydroxylation sites is 1. The molecule has 0 radical (unpaired) electrons. The van der Waals surface area contributed by atoms with Gasteiger partial charge in [0, 0.05) is 20.1 Å². The summed E-state index contributed by atoms with van der Waals surface area (Å²) in [6.45, 7) is 1.20. The fourth-order valence-corrected chi connectivity index (χ4v) is 1.54. The van der Waals surface area contributed by atoms with E-state index < -0.39 is 0 Å². The molecule has 4 heteroatoms. The number of nitrogens with zero attached hydrogens (tertiary/aromatic N) is 2. The smallest absolute Gasteiger partial charge is 0.324 e. The quantitative estimate of drug-likeness (QED) is 0.667. The van der Waals surface area contributed by atoms with Crippen LogP contribution in [0.1, 0.15) is 0 Å². The second-order valence-electron chi connectivity index (χ2n) is 3.31. The molecule has 2 amide bonds. The zero-order valence-corrected chi connectivity index (χ0v) is 7.90. The second kappa shape index (κ2) is 3.29. The summed E-state index contributed by atoms with van der Waals surface area (Å²) in [6, 6.07) is 6.18. The molecule has 1 aliphatic rings. The van der Waals surface area contributed by atoms with Gasteiger partial charge in [-0.05, 0) is 12.1 Å². The molecule has 14 heavy (non-hydrogen) atoms. The van der Waals surface area contributed by atoms with E-state index >= 15 is 0 Å². The van der Waals surface area contributed by atoms with E-state index in [9.17, 15) is 9.18 Å². The molecule has 3 nitrogen and oxygen atoms in total. The summed E-state index contributed by atoms with van der Waals surface area (Å²) < 4.78 is 13.3. The fraction of sp³-hybridized carbons (Fsp3) is 0.300. The van der Waals surface area contributed by atoms with Gasteiger partial charge in [0.15, 0.2) is 0 Å². The van der Waals surface area contributed by atoms with Crippen molar-refractivity contribution in [3.05, 3.63) is 30.1 Å². The van der Waals surface area contributed by atoms with Crippen LogP contribution in [0.15, 0.2) is 24.3 Å². The average Bonchev–Trinajstić information content (AvgIpc) is 2.49. The predicted octanol–water partition coefficient (Wildman–Crippen LogP) is 1.70. The summed E-state index contributed by atoms with van der Waals surface area (Å²) in [6.07, 6.45) is 0. The number of benzene rings is 1. The Balaban J connectivity index is 2.33. The highest BCUT2D eigenvalue weighted by molar-refractivity contribution is 5.93. The van der Waals surface area contributed by atoms with Crippen molar-refractivity contribution in [2.45, 2.75) is 0 Å². The molecule has 0 N–H and O–H groups in total. The Morgan fingerprint density at radius 3 is 2.57 bits per heavy atom. The lowest BCUT2D eigenvalue weighted by molar-refractivity contribution is 0.229. The van der Waals surface area contributed by atoms with E-state index in [2.05, 4.69) is 0 Å². The maximum atomic E-state index is 13.3. The summed E-state index contributed by atoms with van der Waals surface area (Å²) in [5.74, 6) is -0.351. The van der Waals surface area contributed by atoms with Crippen molar-refractivity contribution in [2.24, 2.45) is 0 Å². The molecule has 0 aliphatic carbocycles. The van der Waals surface area contributed by atoms with Gasteiger partial charge in [-0.2, -0.15) is 0 Å². The molecule has 1 aromatic rings. The van der Waals surface area contributed by atoms with Crippen molar-refractivity contribution >= 4 is 11.7 Å². The van der Waals surface area contributed by atoms with Gasteiger partial charge in [0.1, 0.15) is 5.82 Å². The number of halogens is 1. The molecule has 1 aliphatic heterocycles. The largest absolute Gasteiger partial charge is 0.326 e. The molecule has 1 heterocycles. The highest BCUT2D eigenvalue weighted by atomic mass is 19.1. The van der Waals surface area contributed by atoms with E-state index in [1.807, 2.05) is 0 Å². The summed E-state index contributed by atoms with van der Waals surface area (Å²) in [7, 11) is 1.71. The maximum absolute atomic E-state index is 13.3. The van der Waals surface area contributed by atoms with Crippen LogP contribution in [0.25, 0.3) is 0 Å². The number of carbonyl (C=O) groups excluding carboxylic acids is 1. The van der Waals surface area contributed by atoms with Crippen molar-refractivity contribution < 1.29 is 9.18 Å². The minimum absolute atomic E-state index is 0.143. The molecule has 0 unspecified atom stereocenters. The summed E-state index contributed by atoms with van der Waals surface area (Å²) >= 11 is 0. The SMILES string of the molecule is CN1CCN(c2ccccc2F)C1=O. The topological polar surface area (TPSA) is 23.6 Å². The Morgan fingerprint density at radius 2 is 2.00 bits per heavy atom. The minimum Gasteiger partial charge on any atom is -0.326 e. The van der Waals surface area contributed by atoms with Crippen LogP contribution in [-0.4, -0.2) is 31.1 Å². The van der Waals surface area contributed by atoms with Crippen LogP contribution in [0.4, 0.5) is 14.9 Å². The van der Waals surface area contributed by atoms with E-state index in [1.165, 1.54) is 11.0 Å². The van der Waals surface area contributed by atoms with Crippen LogP contribution in [0, 0.1) is 5.82 Å². The van der Waals surface area contributed by atoms with Crippen LogP contribution in [0.3, 0.4) is 0 Å². The van der Waals surface area contributed by atoms with E-state index in [-0.39, 0.29) is 11.8 Å². The third-order valence-electron chi connectivity index (χ3n) is 2.36. The fourth-order valence-electron chi connectivity index (χ4n) is 1.54. The monoisotopic (exact) mass is 194 g/mol. The Hall–Kier alpha value is -1.58. The van der Waals surface area contributed by atoms with E-state index in [4.69, 9.17) is 0 Å². The molecule has 0 aromatic heterocycles. The number of hydrogen-bond acceptors (Lipinski definition) is 1. The molecule has 1 aromatic carbocycles. The zero-order chi connectivity index (χ0) is 10.1. The van der Waals surface area contributed by atoms with Crippen molar-refractivity contribution in [3.8, 4) is 0 Å². The molecule has 2 rings (SSSR count). The number of hydrogen-bond donors (Lipinski definition) is 0. The van der Waals surface area contributed by atoms with Crippen LogP contribution in [-0.2, 0) is 0 Å². The summed E-state index contributed by atoms with van der Waals surface area (Å²) in [5, 5.41) is 0. The highest BCUT2D eigenvalue weighted by Crippen LogP contribution is 2.22. The normalized spacial score (nSPS) is 16.6. The first-order valence-corrected chi connectivity index (χ1v) is 4.47. The van der Waals surface area contributed by atoms with E-state index in [0.29, 0.717) is 18.8 Å². The third-order valence-corrected chi connectivity index (χ3v) is 2.36. The molecule has 0 atom stereocenters. The maximum Gasteiger partial charge on any atom is 0.324 e. The number of carbonyl (C=O) groups is 1. The van der Waals surface area contributed by atoms with Gasteiger partial charge in [0.2, 0.25) is 0 Å². The van der Waals surface area contributed by atoms with Gasteiger partial charge in [-0.15, -0.1) is 0 Å². The van der Waals surface area contributed by atoms with Gasteiger partial charge in [-0.25, -0.2) is 9.18 Å². The lowest BCUT2D eigenvalue weighted by atomic mass is 10.3. The van der Waals surface area contributed by atoms with Gasteiger partial charge in [0.25, 0.3) is 0 Å². The molecular weight excluding hydrogens is 183 g/mol.